The maximum atomic E-state index is 5.96. The van der Waals surface area contributed by atoms with Crippen molar-refractivity contribution in [1.82, 2.24) is 10.3 Å². The van der Waals surface area contributed by atoms with Crippen molar-refractivity contribution in [2.45, 2.75) is 76.2 Å². The van der Waals surface area contributed by atoms with Gasteiger partial charge in [-0.05, 0) is 38.6 Å². The molecular weight excluding hydrogens is 236 g/mol. The van der Waals surface area contributed by atoms with E-state index in [2.05, 4.69) is 10.3 Å². The Hall–Kier alpha value is -0.830. The van der Waals surface area contributed by atoms with E-state index in [-0.39, 0.29) is 0 Å². The van der Waals surface area contributed by atoms with Crippen LogP contribution in [0.2, 0.25) is 0 Å². The van der Waals surface area contributed by atoms with Crippen LogP contribution in [0.3, 0.4) is 0 Å². The van der Waals surface area contributed by atoms with Crippen LogP contribution < -0.4 is 5.32 Å². The molecular formula is C16H26N2O. The lowest BCUT2D eigenvalue weighted by atomic mass is 9.98. The molecule has 1 aromatic rings. The van der Waals surface area contributed by atoms with Crippen molar-refractivity contribution in [3.05, 3.63) is 17.8 Å². The van der Waals surface area contributed by atoms with E-state index >= 15 is 0 Å². The number of oxazole rings is 1. The van der Waals surface area contributed by atoms with Crippen LogP contribution in [0.4, 0.5) is 0 Å². The van der Waals surface area contributed by atoms with Crippen molar-refractivity contribution in [2.24, 2.45) is 0 Å². The minimum absolute atomic E-state index is 0.633. The highest BCUT2D eigenvalue weighted by atomic mass is 16.4. The molecule has 2 aliphatic rings. The molecule has 1 N–H and O–H groups in total. The van der Waals surface area contributed by atoms with Gasteiger partial charge in [0.15, 0.2) is 5.89 Å². The molecule has 2 saturated carbocycles. The van der Waals surface area contributed by atoms with Gasteiger partial charge in [-0.2, -0.15) is 0 Å². The van der Waals surface area contributed by atoms with Crippen LogP contribution in [0, 0.1) is 0 Å². The Bertz CT molecular complexity index is 376. The van der Waals surface area contributed by atoms with Gasteiger partial charge in [-0.15, -0.1) is 0 Å². The Morgan fingerprint density at radius 2 is 1.89 bits per heavy atom. The average Bonchev–Trinajstić information content (AvgIpc) is 3.19. The summed E-state index contributed by atoms with van der Waals surface area (Å²) in [6.07, 6.45) is 14.9. The van der Waals surface area contributed by atoms with Gasteiger partial charge < -0.3 is 9.73 Å². The van der Waals surface area contributed by atoms with Crippen LogP contribution in [-0.4, -0.2) is 17.6 Å². The topological polar surface area (TPSA) is 38.1 Å². The van der Waals surface area contributed by atoms with Gasteiger partial charge in [0, 0.05) is 18.4 Å². The minimum atomic E-state index is 0.633. The van der Waals surface area contributed by atoms with Crippen LogP contribution in [0.25, 0.3) is 0 Å². The Kier molecular flexibility index (Phi) is 4.54. The van der Waals surface area contributed by atoms with Gasteiger partial charge in [-0.3, -0.25) is 0 Å². The summed E-state index contributed by atoms with van der Waals surface area (Å²) in [5, 5.41) is 3.54. The van der Waals surface area contributed by atoms with Gasteiger partial charge >= 0.3 is 0 Å². The van der Waals surface area contributed by atoms with E-state index in [0.29, 0.717) is 5.92 Å². The van der Waals surface area contributed by atoms with Crippen molar-refractivity contribution in [1.29, 1.82) is 0 Å². The zero-order valence-corrected chi connectivity index (χ0v) is 11.9. The van der Waals surface area contributed by atoms with Crippen LogP contribution in [-0.2, 0) is 6.42 Å². The number of aromatic nitrogens is 1. The fourth-order valence-corrected chi connectivity index (χ4v) is 3.03. The van der Waals surface area contributed by atoms with Crippen molar-refractivity contribution in [2.75, 3.05) is 6.54 Å². The lowest BCUT2D eigenvalue weighted by Gasteiger charge is -2.09. The number of rotatable bonds is 6. The average molecular weight is 262 g/mol. The summed E-state index contributed by atoms with van der Waals surface area (Å²) in [5.74, 6) is 2.72. The molecule has 3 rings (SSSR count). The molecule has 2 fully saturated rings. The molecule has 1 aromatic heterocycles. The summed E-state index contributed by atoms with van der Waals surface area (Å²) in [4.78, 5) is 4.46. The van der Waals surface area contributed by atoms with E-state index in [4.69, 9.17) is 4.42 Å². The molecule has 0 saturated heterocycles. The van der Waals surface area contributed by atoms with E-state index in [1.54, 1.807) is 0 Å². The summed E-state index contributed by atoms with van der Waals surface area (Å²) in [5.41, 5.74) is 0. The first-order chi connectivity index (χ1) is 9.42. The van der Waals surface area contributed by atoms with Gasteiger partial charge in [0.1, 0.15) is 5.76 Å². The SMILES string of the molecule is c1nc(CCCNC2CC2)oc1C1CCCCCC1. The second kappa shape index (κ2) is 6.56. The lowest BCUT2D eigenvalue weighted by molar-refractivity contribution is 0.400. The monoisotopic (exact) mass is 262 g/mol. The molecule has 0 aliphatic heterocycles. The van der Waals surface area contributed by atoms with E-state index in [1.807, 2.05) is 6.20 Å². The highest BCUT2D eigenvalue weighted by Gasteiger charge is 2.20. The summed E-state index contributed by atoms with van der Waals surface area (Å²) in [6, 6.07) is 0.811. The van der Waals surface area contributed by atoms with Crippen LogP contribution in [0.15, 0.2) is 10.6 Å². The van der Waals surface area contributed by atoms with Gasteiger partial charge in [0.25, 0.3) is 0 Å². The molecule has 0 bridgehead atoms. The fraction of sp³-hybridized carbons (Fsp3) is 0.812. The van der Waals surface area contributed by atoms with E-state index in [1.165, 1.54) is 51.4 Å². The predicted octanol–water partition coefficient (Wildman–Crippen LogP) is 3.80. The van der Waals surface area contributed by atoms with Crippen molar-refractivity contribution < 1.29 is 4.42 Å². The standard InChI is InChI=1S/C16H26N2O/c1-2-4-7-13(6-3-1)15-12-18-16(19-15)8-5-11-17-14-9-10-14/h12-14,17H,1-11H2. The smallest absolute Gasteiger partial charge is 0.194 e. The lowest BCUT2D eigenvalue weighted by Crippen LogP contribution is -2.17. The third kappa shape index (κ3) is 4.07. The van der Waals surface area contributed by atoms with Crippen LogP contribution in [0.1, 0.15) is 75.4 Å². The number of hydrogen-bond donors (Lipinski definition) is 1. The molecule has 3 heteroatoms. The Balaban J connectivity index is 1.44. The quantitative estimate of drug-likeness (QED) is 0.626. The third-order valence-corrected chi connectivity index (χ3v) is 4.41. The Labute approximate surface area is 116 Å². The van der Waals surface area contributed by atoms with Gasteiger partial charge in [0.2, 0.25) is 0 Å². The largest absolute Gasteiger partial charge is 0.445 e. The first-order valence-electron chi connectivity index (χ1n) is 8.10. The highest BCUT2D eigenvalue weighted by Crippen LogP contribution is 2.31. The molecule has 0 atom stereocenters. The fourth-order valence-electron chi connectivity index (χ4n) is 3.03. The molecule has 106 valence electrons. The molecule has 0 unspecified atom stereocenters. The number of hydrogen-bond acceptors (Lipinski definition) is 3. The van der Waals surface area contributed by atoms with Crippen molar-refractivity contribution in [3.63, 3.8) is 0 Å². The Morgan fingerprint density at radius 1 is 1.11 bits per heavy atom. The molecule has 0 aromatic carbocycles. The van der Waals surface area contributed by atoms with Crippen LogP contribution >= 0.6 is 0 Å². The van der Waals surface area contributed by atoms with Crippen molar-refractivity contribution >= 4 is 0 Å². The molecule has 0 amide bonds. The van der Waals surface area contributed by atoms with Gasteiger partial charge in [0.05, 0.1) is 6.20 Å². The van der Waals surface area contributed by atoms with Crippen LogP contribution in [0.5, 0.6) is 0 Å². The second-order valence-electron chi connectivity index (χ2n) is 6.18. The molecule has 19 heavy (non-hydrogen) atoms. The minimum Gasteiger partial charge on any atom is -0.445 e. The summed E-state index contributed by atoms with van der Waals surface area (Å²) in [6.45, 7) is 1.10. The predicted molar refractivity (Wildman–Crippen MR) is 76.3 cm³/mol. The zero-order chi connectivity index (χ0) is 12.9. The van der Waals surface area contributed by atoms with Gasteiger partial charge in [-0.1, -0.05) is 25.7 Å². The molecule has 0 radical (unpaired) electrons. The molecule has 1 heterocycles. The number of aryl methyl sites for hydroxylation is 1. The highest BCUT2D eigenvalue weighted by molar-refractivity contribution is 5.02. The van der Waals surface area contributed by atoms with E-state index in [0.717, 1.165) is 37.1 Å². The van der Waals surface area contributed by atoms with Gasteiger partial charge in [-0.25, -0.2) is 4.98 Å². The molecule has 3 nitrogen and oxygen atoms in total. The summed E-state index contributed by atoms with van der Waals surface area (Å²) >= 11 is 0. The third-order valence-electron chi connectivity index (χ3n) is 4.41. The maximum absolute atomic E-state index is 5.96. The van der Waals surface area contributed by atoms with E-state index < -0.39 is 0 Å². The number of nitrogens with zero attached hydrogens (tertiary/aromatic N) is 1. The van der Waals surface area contributed by atoms with Crippen molar-refractivity contribution in [3.8, 4) is 0 Å². The summed E-state index contributed by atoms with van der Waals surface area (Å²) < 4.78 is 5.96. The maximum Gasteiger partial charge on any atom is 0.194 e. The normalized spacial score (nSPS) is 21.5. The first-order valence-corrected chi connectivity index (χ1v) is 8.10. The Morgan fingerprint density at radius 3 is 2.63 bits per heavy atom. The number of nitrogens with one attached hydrogen (secondary N) is 1. The van der Waals surface area contributed by atoms with E-state index in [9.17, 15) is 0 Å². The second-order valence-corrected chi connectivity index (χ2v) is 6.18. The molecule has 0 spiro atoms. The zero-order valence-electron chi connectivity index (χ0n) is 11.9. The first kappa shape index (κ1) is 13.2. The summed E-state index contributed by atoms with van der Waals surface area (Å²) in [7, 11) is 0. The molecule has 2 aliphatic carbocycles.